The molecule has 0 heterocycles. The van der Waals surface area contributed by atoms with Gasteiger partial charge < -0.3 is 47.8 Å². The lowest BCUT2D eigenvalue weighted by Crippen LogP contribution is -2.56. The molecule has 0 fully saturated rings. The molecule has 0 saturated heterocycles. The standard InChI is InChI=1S/C8H7ClO4.4C7H18N.BO3/c9-5-12-13-7-4-2-1-3-6(7)8(10)11;4*1-5-8(4,6-2)7-3;2-1(3)4/h1-4H,5H2,(H,10,11);4*5-7H2,1-4H3;/q;4*+1;-3/p-1. The van der Waals surface area contributed by atoms with Crippen molar-refractivity contribution in [3.8, 4) is 5.75 Å². The van der Waals surface area contributed by atoms with E-state index in [0.717, 1.165) is 0 Å². The number of aromatic carboxylic acids is 1. The molecule has 0 aliphatic carbocycles. The molecule has 0 saturated carbocycles. The Kier molecular flexibility index (Phi) is 39.1. The SMILES string of the molecule is CC[N+](C)(CC)CC.CC[N+](C)(CC)CC.CC[N+](C)(CC)CC.CC[N+](C)(CC)CC.O=C([O-])c1ccccc1OOCCl.[O-]B([O-])[O-]. The molecule has 49 heavy (non-hydrogen) atoms. The van der Waals surface area contributed by atoms with Crippen molar-refractivity contribution in [2.24, 2.45) is 0 Å². The predicted octanol–water partition coefficient (Wildman–Crippen LogP) is 2.58. The normalized spacial score (nSPS) is 10.9. The number of carboxylic acid groups (broad SMARTS) is 1. The van der Waals surface area contributed by atoms with Gasteiger partial charge in [-0.2, -0.15) is 4.89 Å². The van der Waals surface area contributed by atoms with E-state index in [1.165, 1.54) is 109 Å². The van der Waals surface area contributed by atoms with Gasteiger partial charge in [0.1, 0.15) is 0 Å². The van der Waals surface area contributed by atoms with E-state index in [1.807, 2.05) is 0 Å². The molecule has 294 valence electrons. The first-order chi connectivity index (χ1) is 22.7. The van der Waals surface area contributed by atoms with Crippen LogP contribution in [0.1, 0.15) is 93.4 Å². The van der Waals surface area contributed by atoms with E-state index in [2.05, 4.69) is 121 Å². The topological polar surface area (TPSA) is 128 Å². The molecular weight excluding hydrogens is 647 g/mol. The Balaban J connectivity index is -0.000000163. The molecule has 0 aromatic heterocycles. The summed E-state index contributed by atoms with van der Waals surface area (Å²) in [6.45, 7) is 42.0. The number of nitrogens with zero attached hydrogens (tertiary/aromatic N) is 4. The zero-order chi connectivity index (χ0) is 39.7. The number of hydrogen-bond donors (Lipinski definition) is 0. The summed E-state index contributed by atoms with van der Waals surface area (Å²) >= 11 is 5.17. The van der Waals surface area contributed by atoms with Crippen LogP contribution in [0.5, 0.6) is 5.75 Å². The van der Waals surface area contributed by atoms with E-state index in [4.69, 9.17) is 26.7 Å². The number of alkyl halides is 1. The first-order valence-corrected chi connectivity index (χ1v) is 18.7. The summed E-state index contributed by atoms with van der Waals surface area (Å²) in [4.78, 5) is 19.5. The largest absolute Gasteiger partial charge is 0.907 e. The highest BCUT2D eigenvalue weighted by atomic mass is 35.5. The first-order valence-electron chi connectivity index (χ1n) is 18.2. The van der Waals surface area contributed by atoms with Gasteiger partial charge in [0.15, 0.2) is 11.8 Å². The van der Waals surface area contributed by atoms with Crippen molar-refractivity contribution in [1.29, 1.82) is 0 Å². The van der Waals surface area contributed by atoms with Crippen LogP contribution in [0, 0.1) is 0 Å². The molecule has 0 atom stereocenters. The van der Waals surface area contributed by atoms with Crippen molar-refractivity contribution in [2.45, 2.75) is 83.1 Å². The molecular formula is C36H78BClN4O7. The number of hydrogen-bond acceptors (Lipinski definition) is 7. The van der Waals surface area contributed by atoms with Crippen LogP contribution in [0.25, 0.3) is 0 Å². The van der Waals surface area contributed by atoms with Crippen LogP contribution in [0.15, 0.2) is 24.3 Å². The van der Waals surface area contributed by atoms with Gasteiger partial charge >= 0.3 is 0 Å². The number of benzene rings is 1. The van der Waals surface area contributed by atoms with E-state index in [9.17, 15) is 9.90 Å². The summed E-state index contributed by atoms with van der Waals surface area (Å²) in [6, 6.07) is 5.78. The van der Waals surface area contributed by atoms with Crippen LogP contribution >= 0.6 is 11.6 Å². The molecule has 13 heteroatoms. The lowest BCUT2D eigenvalue weighted by Gasteiger charge is -2.35. The fraction of sp³-hybridized carbons (Fsp3) is 0.806. The average Bonchev–Trinajstić information content (AvgIpc) is 3.13. The first kappa shape index (κ1) is 56.9. The van der Waals surface area contributed by atoms with Crippen molar-refractivity contribution in [3.05, 3.63) is 29.8 Å². The molecule has 0 amide bonds. The molecule has 0 spiro atoms. The second-order valence-corrected chi connectivity index (χ2v) is 12.9. The zero-order valence-corrected chi connectivity index (χ0v) is 35.4. The minimum atomic E-state index is -2.92. The lowest BCUT2D eigenvalue weighted by atomic mass is 10.2. The van der Waals surface area contributed by atoms with Gasteiger partial charge in [-0.05, 0) is 95.2 Å². The Bertz CT molecular complexity index is 762. The number of rotatable bonds is 16. The van der Waals surface area contributed by atoms with E-state index in [0.29, 0.717) is 0 Å². The summed E-state index contributed by atoms with van der Waals surface area (Å²) in [6.07, 6.45) is 0. The van der Waals surface area contributed by atoms with Gasteiger partial charge in [0.25, 0.3) is 0 Å². The molecule has 1 aromatic rings. The molecule has 1 aromatic carbocycles. The Morgan fingerprint density at radius 2 is 0.796 bits per heavy atom. The average molecular weight is 725 g/mol. The predicted molar refractivity (Wildman–Crippen MR) is 200 cm³/mol. The summed E-state index contributed by atoms with van der Waals surface area (Å²) in [5, 5.41) is 35.8. The third-order valence-electron chi connectivity index (χ3n) is 10.5. The Morgan fingerprint density at radius 1 is 0.571 bits per heavy atom. The molecule has 0 N–H and O–H groups in total. The van der Waals surface area contributed by atoms with Gasteiger partial charge in [0.05, 0.1) is 113 Å². The minimum absolute atomic E-state index is 0.0724. The third kappa shape index (κ3) is 32.2. The number of carboxylic acids is 1. The molecule has 0 unspecified atom stereocenters. The molecule has 0 radical (unpaired) electrons. The maximum absolute atomic E-state index is 10.5. The molecule has 0 bridgehead atoms. The van der Waals surface area contributed by atoms with Crippen LogP contribution in [0.3, 0.4) is 0 Å². The Morgan fingerprint density at radius 3 is 0.959 bits per heavy atom. The maximum Gasteiger partial charge on any atom is 0.174 e. The molecule has 1 rings (SSSR count). The van der Waals surface area contributed by atoms with Crippen LogP contribution < -0.4 is 25.1 Å². The van der Waals surface area contributed by atoms with E-state index < -0.39 is 13.3 Å². The lowest BCUT2D eigenvalue weighted by molar-refractivity contribution is -0.904. The summed E-state index contributed by atoms with van der Waals surface area (Å²) < 4.78 is 4.83. The third-order valence-corrected chi connectivity index (χ3v) is 10.6. The summed E-state index contributed by atoms with van der Waals surface area (Å²) in [7, 11) is 6.25. The second kappa shape index (κ2) is 33.7. The van der Waals surface area contributed by atoms with Gasteiger partial charge in [0.2, 0.25) is 0 Å². The van der Waals surface area contributed by atoms with E-state index in [-0.39, 0.29) is 17.4 Å². The van der Waals surface area contributed by atoms with Crippen molar-refractivity contribution in [2.75, 3.05) is 113 Å². The smallest absolute Gasteiger partial charge is 0.174 e. The maximum atomic E-state index is 10.5. The molecule has 0 aliphatic rings. The quantitative estimate of drug-likeness (QED) is 0.0844. The monoisotopic (exact) mass is 725 g/mol. The molecule has 0 aliphatic heterocycles. The van der Waals surface area contributed by atoms with Crippen molar-refractivity contribution < 1.29 is 52.7 Å². The molecule has 11 nitrogen and oxygen atoms in total. The zero-order valence-electron chi connectivity index (χ0n) is 34.6. The highest BCUT2D eigenvalue weighted by Gasteiger charge is 2.13. The fourth-order valence-corrected chi connectivity index (χ4v) is 3.52. The van der Waals surface area contributed by atoms with Crippen LogP contribution in [0.4, 0.5) is 0 Å². The summed E-state index contributed by atoms with van der Waals surface area (Å²) in [5.74, 6) is -1.25. The number of para-hydroxylation sites is 1. The van der Waals surface area contributed by atoms with Crippen molar-refractivity contribution in [3.63, 3.8) is 0 Å². The Hall–Kier alpha value is -1.48. The van der Waals surface area contributed by atoms with Crippen molar-refractivity contribution in [1.82, 2.24) is 0 Å². The van der Waals surface area contributed by atoms with Gasteiger partial charge in [-0.25, -0.2) is 0 Å². The second-order valence-electron chi connectivity index (χ2n) is 12.7. The fourth-order valence-electron chi connectivity index (χ4n) is 3.48. The van der Waals surface area contributed by atoms with Crippen molar-refractivity contribution >= 4 is 24.9 Å². The minimum Gasteiger partial charge on any atom is -0.907 e. The van der Waals surface area contributed by atoms with E-state index in [1.54, 1.807) is 12.1 Å². The number of carbonyl (C=O) groups excluding carboxylic acids is 1. The van der Waals surface area contributed by atoms with Crippen LogP contribution in [-0.2, 0) is 4.89 Å². The van der Waals surface area contributed by atoms with Crippen LogP contribution in [-0.4, -0.2) is 144 Å². The van der Waals surface area contributed by atoms with E-state index >= 15 is 0 Å². The summed E-state index contributed by atoms with van der Waals surface area (Å²) in [5.41, 5.74) is -0.0763. The highest BCUT2D eigenvalue weighted by molar-refractivity contribution is 6.24. The Labute approximate surface area is 308 Å². The number of halogens is 1. The number of carbonyl (C=O) groups is 1. The van der Waals surface area contributed by atoms with Crippen LogP contribution in [0.2, 0.25) is 0 Å². The van der Waals surface area contributed by atoms with Gasteiger partial charge in [-0.3, -0.25) is 7.32 Å². The number of quaternary nitrogens is 4. The van der Waals surface area contributed by atoms with Gasteiger partial charge in [-0.15, -0.1) is 0 Å². The highest BCUT2D eigenvalue weighted by Crippen LogP contribution is 2.17. The van der Waals surface area contributed by atoms with Gasteiger partial charge in [0, 0.05) is 5.56 Å². The van der Waals surface area contributed by atoms with Gasteiger partial charge in [-0.1, -0.05) is 23.7 Å².